The summed E-state index contributed by atoms with van der Waals surface area (Å²) < 4.78 is 37.7. The van der Waals surface area contributed by atoms with E-state index in [9.17, 15) is 22.8 Å². The zero-order valence-corrected chi connectivity index (χ0v) is 20.1. The molecular formula is C22H31N3O7S. The number of hydrogen-bond acceptors (Lipinski definition) is 8. The molecule has 0 atom stereocenters. The summed E-state index contributed by atoms with van der Waals surface area (Å²) in [6.07, 6.45) is 0.506. The van der Waals surface area contributed by atoms with Crippen molar-refractivity contribution in [3.05, 3.63) is 34.9 Å². The van der Waals surface area contributed by atoms with Crippen LogP contribution in [0.5, 0.6) is 0 Å². The van der Waals surface area contributed by atoms with Crippen molar-refractivity contribution in [1.82, 2.24) is 14.5 Å². The topological polar surface area (TPSA) is 122 Å². The lowest BCUT2D eigenvalue weighted by molar-refractivity contribution is -0.155. The summed E-state index contributed by atoms with van der Waals surface area (Å²) in [4.78, 5) is 40.3. The Morgan fingerprint density at radius 2 is 1.79 bits per heavy atom. The van der Waals surface area contributed by atoms with Crippen LogP contribution in [-0.2, 0) is 30.8 Å². The van der Waals surface area contributed by atoms with E-state index >= 15 is 0 Å². The summed E-state index contributed by atoms with van der Waals surface area (Å²) in [6.45, 7) is 8.25. The molecule has 2 amide bonds. The number of esters is 1. The summed E-state index contributed by atoms with van der Waals surface area (Å²) in [7, 11) is -3.49. The van der Waals surface area contributed by atoms with Gasteiger partial charge in [0.25, 0.3) is 11.8 Å². The van der Waals surface area contributed by atoms with Gasteiger partial charge in [0, 0.05) is 19.6 Å². The standard InChI is InChI=1S/C22H31N3O7S/c1-22(2,3)32-19(26)15-25-20(27)17-6-5-16(13-18(17)21(25)28)14-23-33(29,30)12-4-7-24-8-10-31-11-9-24/h5-6,13,23H,4,7-12,14-15H2,1-3H3. The molecule has 0 unspecified atom stereocenters. The van der Waals surface area contributed by atoms with E-state index in [2.05, 4.69) is 9.62 Å². The number of nitrogens with zero attached hydrogens (tertiary/aromatic N) is 2. The highest BCUT2D eigenvalue weighted by atomic mass is 32.2. The minimum Gasteiger partial charge on any atom is -0.459 e. The molecule has 182 valence electrons. The molecule has 11 heteroatoms. The van der Waals surface area contributed by atoms with E-state index in [1.165, 1.54) is 12.1 Å². The van der Waals surface area contributed by atoms with Crippen molar-refractivity contribution in [2.75, 3.05) is 45.1 Å². The van der Waals surface area contributed by atoms with Crippen LogP contribution in [0.1, 0.15) is 53.5 Å². The molecule has 2 heterocycles. The van der Waals surface area contributed by atoms with Gasteiger partial charge >= 0.3 is 5.97 Å². The van der Waals surface area contributed by atoms with Crippen LogP contribution in [0.25, 0.3) is 0 Å². The fourth-order valence-electron chi connectivity index (χ4n) is 3.66. The fourth-order valence-corrected chi connectivity index (χ4v) is 4.70. The number of imide groups is 1. The normalized spacial score (nSPS) is 17.4. The monoisotopic (exact) mass is 481 g/mol. The van der Waals surface area contributed by atoms with E-state index in [0.29, 0.717) is 31.7 Å². The first-order valence-corrected chi connectivity index (χ1v) is 12.6. The number of carbonyl (C=O) groups excluding carboxylic acids is 3. The second kappa shape index (κ2) is 10.3. The molecule has 1 aromatic rings. The molecule has 2 aliphatic heterocycles. The highest BCUT2D eigenvalue weighted by Gasteiger charge is 2.37. The lowest BCUT2D eigenvalue weighted by Crippen LogP contribution is -2.38. The Morgan fingerprint density at radius 3 is 2.45 bits per heavy atom. The molecule has 1 fully saturated rings. The van der Waals surface area contributed by atoms with Gasteiger partial charge in [-0.15, -0.1) is 0 Å². The average molecular weight is 482 g/mol. The number of amides is 2. The van der Waals surface area contributed by atoms with Crippen molar-refractivity contribution in [3.8, 4) is 0 Å². The third-order valence-electron chi connectivity index (χ3n) is 5.23. The maximum atomic E-state index is 12.7. The molecule has 1 N–H and O–H groups in total. The van der Waals surface area contributed by atoms with Crippen molar-refractivity contribution in [2.24, 2.45) is 0 Å². The minimum absolute atomic E-state index is 0.000698. The number of hydrogen-bond donors (Lipinski definition) is 1. The molecule has 0 aromatic heterocycles. The van der Waals surface area contributed by atoms with Crippen LogP contribution in [0, 0.1) is 0 Å². The summed E-state index contributed by atoms with van der Waals surface area (Å²) in [5, 5.41) is 0. The van der Waals surface area contributed by atoms with Crippen molar-refractivity contribution < 1.29 is 32.3 Å². The van der Waals surface area contributed by atoms with Crippen LogP contribution in [0.15, 0.2) is 18.2 Å². The molecule has 33 heavy (non-hydrogen) atoms. The molecule has 0 radical (unpaired) electrons. The number of benzene rings is 1. The van der Waals surface area contributed by atoms with E-state index in [1.807, 2.05) is 0 Å². The number of rotatable bonds is 9. The second-order valence-corrected chi connectivity index (χ2v) is 11.0. The lowest BCUT2D eigenvalue weighted by Gasteiger charge is -2.26. The Morgan fingerprint density at radius 1 is 1.12 bits per heavy atom. The Kier molecular flexibility index (Phi) is 7.88. The first-order chi connectivity index (χ1) is 15.5. The van der Waals surface area contributed by atoms with Gasteiger partial charge in [0.15, 0.2) is 0 Å². The first kappa shape index (κ1) is 25.3. The summed E-state index contributed by atoms with van der Waals surface area (Å²) >= 11 is 0. The van der Waals surface area contributed by atoms with Crippen molar-refractivity contribution in [1.29, 1.82) is 0 Å². The van der Waals surface area contributed by atoms with Gasteiger partial charge in [0.05, 0.1) is 30.1 Å². The van der Waals surface area contributed by atoms with Crippen LogP contribution in [0.4, 0.5) is 0 Å². The fraction of sp³-hybridized carbons (Fsp3) is 0.591. The molecule has 1 aromatic carbocycles. The molecule has 2 aliphatic rings. The van der Waals surface area contributed by atoms with E-state index in [4.69, 9.17) is 9.47 Å². The highest BCUT2D eigenvalue weighted by molar-refractivity contribution is 7.89. The third-order valence-corrected chi connectivity index (χ3v) is 6.64. The first-order valence-electron chi connectivity index (χ1n) is 10.9. The summed E-state index contributed by atoms with van der Waals surface area (Å²) in [5.74, 6) is -1.86. The predicted octanol–water partition coefficient (Wildman–Crippen LogP) is 0.766. The van der Waals surface area contributed by atoms with Gasteiger partial charge in [-0.2, -0.15) is 0 Å². The SMILES string of the molecule is CC(C)(C)OC(=O)CN1C(=O)c2ccc(CNS(=O)(=O)CCCN3CCOCC3)cc2C1=O. The lowest BCUT2D eigenvalue weighted by atomic mass is 10.1. The minimum atomic E-state index is -3.49. The summed E-state index contributed by atoms with van der Waals surface area (Å²) in [5.41, 5.74) is 0.140. The highest BCUT2D eigenvalue weighted by Crippen LogP contribution is 2.24. The maximum absolute atomic E-state index is 12.7. The van der Waals surface area contributed by atoms with Gasteiger partial charge in [-0.1, -0.05) is 6.07 Å². The molecule has 1 saturated heterocycles. The van der Waals surface area contributed by atoms with Gasteiger partial charge in [0.1, 0.15) is 12.1 Å². The quantitative estimate of drug-likeness (QED) is 0.405. The zero-order valence-electron chi connectivity index (χ0n) is 19.3. The number of carbonyl (C=O) groups is 3. The smallest absolute Gasteiger partial charge is 0.326 e. The van der Waals surface area contributed by atoms with Crippen molar-refractivity contribution in [2.45, 2.75) is 39.3 Å². The Hall–Kier alpha value is -2.34. The third kappa shape index (κ3) is 7.07. The van der Waals surface area contributed by atoms with E-state index in [1.54, 1.807) is 26.8 Å². The summed E-state index contributed by atoms with van der Waals surface area (Å²) in [6, 6.07) is 4.56. The van der Waals surface area contributed by atoms with Gasteiger partial charge in [-0.05, 0) is 51.4 Å². The van der Waals surface area contributed by atoms with E-state index < -0.39 is 40.0 Å². The largest absolute Gasteiger partial charge is 0.459 e. The number of ether oxygens (including phenoxy) is 2. The van der Waals surface area contributed by atoms with Gasteiger partial charge in [0.2, 0.25) is 10.0 Å². The zero-order chi connectivity index (χ0) is 24.2. The van der Waals surface area contributed by atoms with Crippen LogP contribution < -0.4 is 4.72 Å². The Bertz CT molecular complexity index is 1010. The van der Waals surface area contributed by atoms with E-state index in [0.717, 1.165) is 18.0 Å². The van der Waals surface area contributed by atoms with Gasteiger partial charge in [-0.3, -0.25) is 24.2 Å². The van der Waals surface area contributed by atoms with Crippen molar-refractivity contribution >= 4 is 27.8 Å². The molecule has 0 spiro atoms. The average Bonchev–Trinajstić information content (AvgIpc) is 2.96. The molecule has 10 nitrogen and oxygen atoms in total. The Balaban J connectivity index is 1.55. The number of morpholine rings is 1. The van der Waals surface area contributed by atoms with Crippen molar-refractivity contribution in [3.63, 3.8) is 0 Å². The number of fused-ring (bicyclic) bond motifs is 1. The molecule has 0 bridgehead atoms. The molecule has 0 saturated carbocycles. The van der Waals surface area contributed by atoms with Crippen LogP contribution in [0.2, 0.25) is 0 Å². The second-order valence-electron chi connectivity index (χ2n) is 9.11. The van der Waals surface area contributed by atoms with Gasteiger partial charge < -0.3 is 9.47 Å². The van der Waals surface area contributed by atoms with Crippen LogP contribution in [0.3, 0.4) is 0 Å². The Labute approximate surface area is 194 Å². The molecule has 0 aliphatic carbocycles. The van der Waals surface area contributed by atoms with Gasteiger partial charge in [-0.25, -0.2) is 13.1 Å². The number of sulfonamides is 1. The number of nitrogens with one attached hydrogen (secondary N) is 1. The van der Waals surface area contributed by atoms with Crippen LogP contribution >= 0.6 is 0 Å². The molecule has 3 rings (SSSR count). The maximum Gasteiger partial charge on any atom is 0.326 e. The molecular weight excluding hydrogens is 450 g/mol. The predicted molar refractivity (Wildman–Crippen MR) is 120 cm³/mol. The van der Waals surface area contributed by atoms with E-state index in [-0.39, 0.29) is 23.4 Å². The van der Waals surface area contributed by atoms with Crippen LogP contribution in [-0.4, -0.2) is 86.7 Å².